The van der Waals surface area contributed by atoms with E-state index in [1.165, 1.54) is 30.9 Å². The van der Waals surface area contributed by atoms with Crippen molar-refractivity contribution in [2.45, 2.75) is 19.6 Å². The fourth-order valence-electron chi connectivity index (χ4n) is 2.80. The van der Waals surface area contributed by atoms with Crippen molar-refractivity contribution in [3.8, 4) is 11.5 Å². The average molecular weight is 404 g/mol. The van der Waals surface area contributed by atoms with Gasteiger partial charge in [-0.3, -0.25) is 4.79 Å². The van der Waals surface area contributed by atoms with Gasteiger partial charge in [0.2, 0.25) is 5.91 Å². The molecule has 0 bridgehead atoms. The number of carbonyl (C=O) groups is 1. The summed E-state index contributed by atoms with van der Waals surface area (Å²) in [6.45, 7) is -0.792. The fourth-order valence-corrected chi connectivity index (χ4v) is 2.80. The van der Waals surface area contributed by atoms with E-state index in [-0.39, 0.29) is 17.4 Å². The van der Waals surface area contributed by atoms with Crippen molar-refractivity contribution in [3.63, 3.8) is 0 Å². The molecule has 29 heavy (non-hydrogen) atoms. The molecule has 5 nitrogen and oxygen atoms in total. The Hall–Kier alpha value is -2.93. The summed E-state index contributed by atoms with van der Waals surface area (Å²) in [5.74, 6) is -0.229. The number of rotatable bonds is 11. The Morgan fingerprint density at radius 2 is 1.93 bits per heavy atom. The van der Waals surface area contributed by atoms with Crippen LogP contribution in [-0.2, 0) is 11.3 Å². The second-order valence-electron chi connectivity index (χ2n) is 6.46. The minimum Gasteiger partial charge on any atom is -0.493 e. The van der Waals surface area contributed by atoms with Crippen LogP contribution in [0.2, 0.25) is 0 Å². The van der Waals surface area contributed by atoms with Gasteiger partial charge in [-0.2, -0.15) is 8.78 Å². The molecule has 0 fully saturated rings. The van der Waals surface area contributed by atoms with E-state index in [1.54, 1.807) is 12.1 Å². The lowest BCUT2D eigenvalue weighted by molar-refractivity contribution is -0.116. The molecule has 0 aromatic heterocycles. The van der Waals surface area contributed by atoms with Crippen molar-refractivity contribution < 1.29 is 23.0 Å². The summed E-state index contributed by atoms with van der Waals surface area (Å²) < 4.78 is 34.8. The maximum Gasteiger partial charge on any atom is 0.387 e. The number of amides is 1. The van der Waals surface area contributed by atoms with E-state index in [2.05, 4.69) is 27.1 Å². The topological polar surface area (TPSA) is 50.8 Å². The molecule has 0 aliphatic rings. The van der Waals surface area contributed by atoms with E-state index in [0.717, 1.165) is 19.5 Å². The molecule has 0 radical (unpaired) electrons. The summed E-state index contributed by atoms with van der Waals surface area (Å²) in [4.78, 5) is 14.2. The predicted molar refractivity (Wildman–Crippen MR) is 109 cm³/mol. The quantitative estimate of drug-likeness (QED) is 0.455. The third-order valence-corrected chi connectivity index (χ3v) is 4.16. The van der Waals surface area contributed by atoms with Gasteiger partial charge in [-0.1, -0.05) is 42.5 Å². The summed E-state index contributed by atoms with van der Waals surface area (Å²) in [7, 11) is 3.39. The van der Waals surface area contributed by atoms with Crippen LogP contribution in [0.15, 0.2) is 54.6 Å². The Morgan fingerprint density at radius 1 is 1.17 bits per heavy atom. The van der Waals surface area contributed by atoms with Gasteiger partial charge in [0, 0.05) is 24.7 Å². The SMILES string of the molecule is COc1cccc(C=CC(=O)NCCCN(C)Cc2ccccc2)c1OC(F)F. The smallest absolute Gasteiger partial charge is 0.387 e. The van der Waals surface area contributed by atoms with Crippen molar-refractivity contribution in [2.75, 3.05) is 27.2 Å². The maximum atomic E-state index is 12.6. The third-order valence-electron chi connectivity index (χ3n) is 4.16. The predicted octanol–water partition coefficient (Wildman–Crippen LogP) is 3.95. The molecule has 2 aromatic rings. The Labute approximate surface area is 169 Å². The Kier molecular flexibility index (Phi) is 9.11. The minimum absolute atomic E-state index is 0.100. The fraction of sp³-hybridized carbons (Fsp3) is 0.318. The Balaban J connectivity index is 1.80. The van der Waals surface area contributed by atoms with E-state index in [1.807, 2.05) is 25.2 Å². The molecule has 0 heterocycles. The molecule has 0 spiro atoms. The number of methoxy groups -OCH3 is 1. The number of nitrogens with zero attached hydrogens (tertiary/aromatic N) is 1. The highest BCUT2D eigenvalue weighted by Gasteiger charge is 2.14. The summed E-state index contributed by atoms with van der Waals surface area (Å²) in [5.41, 5.74) is 1.57. The first-order chi connectivity index (χ1) is 14.0. The van der Waals surface area contributed by atoms with Gasteiger partial charge >= 0.3 is 6.61 Å². The number of carbonyl (C=O) groups excluding carboxylic acids is 1. The third kappa shape index (κ3) is 7.91. The molecule has 2 aromatic carbocycles. The summed E-state index contributed by atoms with van der Waals surface area (Å²) in [6.07, 6.45) is 3.51. The van der Waals surface area contributed by atoms with E-state index in [0.29, 0.717) is 12.1 Å². The van der Waals surface area contributed by atoms with E-state index in [9.17, 15) is 13.6 Å². The van der Waals surface area contributed by atoms with Crippen molar-refractivity contribution in [1.29, 1.82) is 0 Å². The second-order valence-corrected chi connectivity index (χ2v) is 6.46. The molecule has 1 amide bonds. The molecule has 0 saturated heterocycles. The van der Waals surface area contributed by atoms with Crippen LogP contribution in [0.5, 0.6) is 11.5 Å². The lowest BCUT2D eigenvalue weighted by atomic mass is 10.1. The normalized spacial score (nSPS) is 11.2. The van der Waals surface area contributed by atoms with Crippen LogP contribution in [-0.4, -0.2) is 44.7 Å². The molecule has 0 atom stereocenters. The molecule has 2 rings (SSSR count). The Bertz CT molecular complexity index is 798. The van der Waals surface area contributed by atoms with Crippen LogP contribution >= 0.6 is 0 Å². The van der Waals surface area contributed by atoms with Crippen molar-refractivity contribution in [1.82, 2.24) is 10.2 Å². The monoisotopic (exact) mass is 404 g/mol. The highest BCUT2D eigenvalue weighted by Crippen LogP contribution is 2.33. The molecule has 0 unspecified atom stereocenters. The number of hydrogen-bond donors (Lipinski definition) is 1. The maximum absolute atomic E-state index is 12.6. The van der Waals surface area contributed by atoms with Gasteiger partial charge in [-0.15, -0.1) is 0 Å². The largest absolute Gasteiger partial charge is 0.493 e. The standard InChI is InChI=1S/C22H26F2N2O3/c1-26(16-17-8-4-3-5-9-17)15-7-14-25-20(27)13-12-18-10-6-11-19(28-2)21(18)29-22(23)24/h3-6,8-13,22H,7,14-16H2,1-2H3,(H,25,27). The van der Waals surface area contributed by atoms with Crippen LogP contribution < -0.4 is 14.8 Å². The van der Waals surface area contributed by atoms with Gasteiger partial charge in [-0.05, 0) is 37.7 Å². The molecule has 0 aliphatic carbocycles. The van der Waals surface area contributed by atoms with Crippen LogP contribution in [0, 0.1) is 0 Å². The van der Waals surface area contributed by atoms with Crippen LogP contribution in [0.25, 0.3) is 6.08 Å². The Morgan fingerprint density at radius 3 is 2.62 bits per heavy atom. The molecule has 156 valence electrons. The van der Waals surface area contributed by atoms with Gasteiger partial charge in [0.1, 0.15) is 0 Å². The zero-order valence-electron chi connectivity index (χ0n) is 16.6. The first kappa shape index (κ1) is 22.4. The molecule has 0 saturated carbocycles. The summed E-state index contributed by atoms with van der Waals surface area (Å²) in [5, 5.41) is 2.79. The van der Waals surface area contributed by atoms with Gasteiger partial charge in [0.15, 0.2) is 11.5 Å². The van der Waals surface area contributed by atoms with Gasteiger partial charge in [0.05, 0.1) is 7.11 Å². The van der Waals surface area contributed by atoms with Gasteiger partial charge in [-0.25, -0.2) is 0 Å². The number of alkyl halides is 2. The molecule has 1 N–H and O–H groups in total. The first-order valence-corrected chi connectivity index (χ1v) is 9.29. The van der Waals surface area contributed by atoms with E-state index < -0.39 is 6.61 Å². The molecule has 7 heteroatoms. The lowest BCUT2D eigenvalue weighted by Crippen LogP contribution is -2.26. The highest BCUT2D eigenvalue weighted by atomic mass is 19.3. The lowest BCUT2D eigenvalue weighted by Gasteiger charge is -2.16. The summed E-state index contributed by atoms with van der Waals surface area (Å²) in [6, 6.07) is 14.9. The average Bonchev–Trinajstić information content (AvgIpc) is 2.70. The molecule has 0 aliphatic heterocycles. The van der Waals surface area contributed by atoms with Crippen LogP contribution in [0.4, 0.5) is 8.78 Å². The number of hydrogen-bond acceptors (Lipinski definition) is 4. The van der Waals surface area contributed by atoms with E-state index in [4.69, 9.17) is 4.74 Å². The second kappa shape index (κ2) is 11.8. The number of para-hydroxylation sites is 1. The van der Waals surface area contributed by atoms with Gasteiger partial charge in [0.25, 0.3) is 0 Å². The van der Waals surface area contributed by atoms with Crippen molar-refractivity contribution in [2.24, 2.45) is 0 Å². The zero-order valence-corrected chi connectivity index (χ0v) is 16.6. The van der Waals surface area contributed by atoms with Crippen LogP contribution in [0.3, 0.4) is 0 Å². The number of nitrogens with one attached hydrogen (secondary N) is 1. The van der Waals surface area contributed by atoms with Crippen molar-refractivity contribution in [3.05, 3.63) is 65.7 Å². The van der Waals surface area contributed by atoms with Crippen molar-refractivity contribution >= 4 is 12.0 Å². The minimum atomic E-state index is -2.99. The van der Waals surface area contributed by atoms with Crippen LogP contribution in [0.1, 0.15) is 17.5 Å². The molecular formula is C22H26F2N2O3. The number of halogens is 2. The summed E-state index contributed by atoms with van der Waals surface area (Å²) >= 11 is 0. The highest BCUT2D eigenvalue weighted by molar-refractivity contribution is 5.92. The zero-order chi connectivity index (χ0) is 21.1. The van der Waals surface area contributed by atoms with E-state index >= 15 is 0 Å². The number of ether oxygens (including phenoxy) is 2. The van der Waals surface area contributed by atoms with Gasteiger partial charge < -0.3 is 19.7 Å². The molecular weight excluding hydrogens is 378 g/mol. The number of benzene rings is 2. The first-order valence-electron chi connectivity index (χ1n) is 9.29.